The van der Waals surface area contributed by atoms with Crippen molar-refractivity contribution in [2.45, 2.75) is 31.7 Å². The summed E-state index contributed by atoms with van der Waals surface area (Å²) < 4.78 is 0. The zero-order valence-electron chi connectivity index (χ0n) is 10.4. The lowest BCUT2D eigenvalue weighted by Gasteiger charge is -2.29. The fourth-order valence-electron chi connectivity index (χ4n) is 2.40. The Morgan fingerprint density at radius 3 is 2.68 bits per heavy atom. The molecule has 0 spiro atoms. The predicted molar refractivity (Wildman–Crippen MR) is 71.7 cm³/mol. The van der Waals surface area contributed by atoms with Crippen molar-refractivity contribution in [2.75, 3.05) is 0 Å². The van der Waals surface area contributed by atoms with Gasteiger partial charge in [-0.05, 0) is 25.0 Å². The average molecular weight is 282 g/mol. The molecule has 2 rings (SSSR count). The number of nitrogens with one attached hydrogen (secondary N) is 1. The molecule has 3 N–H and O–H groups in total. The van der Waals surface area contributed by atoms with Crippen molar-refractivity contribution in [3.63, 3.8) is 0 Å². The molecule has 1 aliphatic rings. The van der Waals surface area contributed by atoms with Crippen molar-refractivity contribution < 1.29 is 9.59 Å². The van der Waals surface area contributed by atoms with Crippen LogP contribution in [0.25, 0.3) is 0 Å². The van der Waals surface area contributed by atoms with Crippen LogP contribution < -0.4 is 11.1 Å². The number of halogens is 1. The molecule has 2 amide bonds. The molecule has 1 saturated carbocycles. The van der Waals surface area contributed by atoms with Gasteiger partial charge in [0.1, 0.15) is 5.69 Å². The molecule has 1 heterocycles. The van der Waals surface area contributed by atoms with Crippen molar-refractivity contribution >= 4 is 23.4 Å². The Bertz CT molecular complexity index is 475. The van der Waals surface area contributed by atoms with Gasteiger partial charge in [-0.2, -0.15) is 0 Å². The number of rotatable bonds is 3. The summed E-state index contributed by atoms with van der Waals surface area (Å²) in [5.74, 6) is -0.936. The van der Waals surface area contributed by atoms with Crippen LogP contribution in [0.2, 0.25) is 5.02 Å². The smallest absolute Gasteiger partial charge is 0.270 e. The molecule has 0 aromatic carbocycles. The van der Waals surface area contributed by atoms with Crippen LogP contribution in [-0.4, -0.2) is 22.8 Å². The first kappa shape index (κ1) is 13.8. The maximum Gasteiger partial charge on any atom is 0.270 e. The molecule has 2 atom stereocenters. The van der Waals surface area contributed by atoms with Gasteiger partial charge in [0.2, 0.25) is 5.91 Å². The Morgan fingerprint density at radius 1 is 1.32 bits per heavy atom. The van der Waals surface area contributed by atoms with Crippen LogP contribution in [0.5, 0.6) is 0 Å². The van der Waals surface area contributed by atoms with Crippen LogP contribution in [0.4, 0.5) is 0 Å². The number of amides is 2. The molecule has 0 bridgehead atoms. The van der Waals surface area contributed by atoms with Gasteiger partial charge in [0.25, 0.3) is 5.91 Å². The summed E-state index contributed by atoms with van der Waals surface area (Å²) in [6.45, 7) is 0. The van der Waals surface area contributed by atoms with E-state index in [1.165, 1.54) is 6.20 Å². The van der Waals surface area contributed by atoms with E-state index in [9.17, 15) is 9.59 Å². The SMILES string of the molecule is NC(=O)[C@H]1CCCC[C@@H]1NC(=O)c1ccc(Cl)cn1. The number of carbonyl (C=O) groups is 2. The molecule has 0 radical (unpaired) electrons. The number of hydrogen-bond acceptors (Lipinski definition) is 3. The van der Waals surface area contributed by atoms with Crippen LogP contribution in [0.3, 0.4) is 0 Å². The zero-order valence-corrected chi connectivity index (χ0v) is 11.2. The van der Waals surface area contributed by atoms with Crippen molar-refractivity contribution in [2.24, 2.45) is 11.7 Å². The van der Waals surface area contributed by atoms with Crippen LogP contribution >= 0.6 is 11.6 Å². The molecule has 0 unspecified atom stereocenters. The number of primary amides is 1. The third-order valence-corrected chi connectivity index (χ3v) is 3.63. The van der Waals surface area contributed by atoms with Crippen molar-refractivity contribution in [3.05, 3.63) is 29.0 Å². The van der Waals surface area contributed by atoms with E-state index < -0.39 is 0 Å². The second-order valence-corrected chi connectivity index (χ2v) is 5.17. The van der Waals surface area contributed by atoms with Crippen LogP contribution in [0, 0.1) is 5.92 Å². The van der Waals surface area contributed by atoms with E-state index in [1.54, 1.807) is 12.1 Å². The van der Waals surface area contributed by atoms with Gasteiger partial charge in [-0.1, -0.05) is 24.4 Å². The molecule has 1 aromatic heterocycles. The summed E-state index contributed by atoms with van der Waals surface area (Å²) in [6.07, 6.45) is 4.88. The third-order valence-electron chi connectivity index (χ3n) is 3.41. The van der Waals surface area contributed by atoms with Crippen molar-refractivity contribution in [1.82, 2.24) is 10.3 Å². The largest absolute Gasteiger partial charge is 0.369 e. The minimum absolute atomic E-state index is 0.198. The second-order valence-electron chi connectivity index (χ2n) is 4.73. The number of nitrogens with two attached hydrogens (primary N) is 1. The normalized spacial score (nSPS) is 22.8. The lowest BCUT2D eigenvalue weighted by atomic mass is 9.84. The average Bonchev–Trinajstić information content (AvgIpc) is 2.39. The fraction of sp³-hybridized carbons (Fsp3) is 0.462. The highest BCUT2D eigenvalue weighted by Crippen LogP contribution is 2.24. The summed E-state index contributed by atoms with van der Waals surface area (Å²) in [7, 11) is 0. The third kappa shape index (κ3) is 3.44. The molecule has 0 saturated heterocycles. The first-order valence-corrected chi connectivity index (χ1v) is 6.67. The lowest BCUT2D eigenvalue weighted by molar-refractivity contribution is -0.123. The summed E-state index contributed by atoms with van der Waals surface area (Å²) in [6, 6.07) is 2.96. The molecule has 19 heavy (non-hydrogen) atoms. The van der Waals surface area contributed by atoms with E-state index in [0.717, 1.165) is 25.7 Å². The molecular weight excluding hydrogens is 266 g/mol. The molecule has 1 aliphatic carbocycles. The predicted octanol–water partition coefficient (Wildman–Crippen LogP) is 1.51. The molecule has 6 heteroatoms. The minimum atomic E-state index is -0.353. The molecule has 0 aliphatic heterocycles. The molecule has 1 aromatic rings. The first-order chi connectivity index (χ1) is 9.08. The highest BCUT2D eigenvalue weighted by atomic mass is 35.5. The Balaban J connectivity index is 2.04. The van der Waals surface area contributed by atoms with E-state index >= 15 is 0 Å². The Morgan fingerprint density at radius 2 is 2.05 bits per heavy atom. The van der Waals surface area contributed by atoms with Gasteiger partial charge < -0.3 is 11.1 Å². The highest BCUT2D eigenvalue weighted by molar-refractivity contribution is 6.30. The van der Waals surface area contributed by atoms with Gasteiger partial charge in [-0.3, -0.25) is 9.59 Å². The molecule has 102 valence electrons. The Kier molecular flexibility index (Phi) is 4.37. The maximum absolute atomic E-state index is 12.0. The van der Waals surface area contributed by atoms with Gasteiger partial charge in [0.15, 0.2) is 0 Å². The van der Waals surface area contributed by atoms with Gasteiger partial charge in [-0.15, -0.1) is 0 Å². The lowest BCUT2D eigenvalue weighted by Crippen LogP contribution is -2.47. The van der Waals surface area contributed by atoms with E-state index in [0.29, 0.717) is 5.02 Å². The Hall–Kier alpha value is -1.62. The van der Waals surface area contributed by atoms with E-state index in [1.807, 2.05) is 0 Å². The highest BCUT2D eigenvalue weighted by Gasteiger charge is 2.30. The number of aromatic nitrogens is 1. The number of nitrogens with zero attached hydrogens (tertiary/aromatic N) is 1. The molecule has 1 fully saturated rings. The first-order valence-electron chi connectivity index (χ1n) is 6.29. The van der Waals surface area contributed by atoms with E-state index in [2.05, 4.69) is 10.3 Å². The summed E-state index contributed by atoms with van der Waals surface area (Å²) >= 11 is 5.72. The van der Waals surface area contributed by atoms with Crippen LogP contribution in [-0.2, 0) is 4.79 Å². The van der Waals surface area contributed by atoms with Crippen molar-refractivity contribution in [1.29, 1.82) is 0 Å². The summed E-state index contributed by atoms with van der Waals surface area (Å²) in [4.78, 5) is 27.3. The van der Waals surface area contributed by atoms with Crippen LogP contribution in [0.1, 0.15) is 36.2 Å². The second kappa shape index (κ2) is 6.02. The number of hydrogen-bond donors (Lipinski definition) is 2. The van der Waals surface area contributed by atoms with E-state index in [-0.39, 0.29) is 29.5 Å². The standard InChI is InChI=1S/C13H16ClN3O2/c14-8-5-6-11(16-7-8)13(19)17-10-4-2-1-3-9(10)12(15)18/h5-7,9-10H,1-4H2,(H2,15,18)(H,17,19)/t9-,10-/m0/s1. The summed E-state index contributed by atoms with van der Waals surface area (Å²) in [5.41, 5.74) is 5.66. The number of pyridine rings is 1. The Labute approximate surface area is 116 Å². The zero-order chi connectivity index (χ0) is 13.8. The van der Waals surface area contributed by atoms with Crippen LogP contribution in [0.15, 0.2) is 18.3 Å². The minimum Gasteiger partial charge on any atom is -0.369 e. The van der Waals surface area contributed by atoms with Gasteiger partial charge in [0.05, 0.1) is 10.9 Å². The topological polar surface area (TPSA) is 85.1 Å². The molecular formula is C13H16ClN3O2. The van der Waals surface area contributed by atoms with Gasteiger partial charge in [-0.25, -0.2) is 4.98 Å². The van der Waals surface area contributed by atoms with Crippen molar-refractivity contribution in [3.8, 4) is 0 Å². The monoisotopic (exact) mass is 281 g/mol. The molecule has 5 nitrogen and oxygen atoms in total. The van der Waals surface area contributed by atoms with E-state index in [4.69, 9.17) is 17.3 Å². The number of carbonyl (C=O) groups excluding carboxylic acids is 2. The summed E-state index contributed by atoms with van der Waals surface area (Å²) in [5, 5.41) is 3.32. The fourth-order valence-corrected chi connectivity index (χ4v) is 2.51. The maximum atomic E-state index is 12.0. The van der Waals surface area contributed by atoms with Gasteiger partial charge in [0, 0.05) is 12.2 Å². The van der Waals surface area contributed by atoms with Gasteiger partial charge >= 0.3 is 0 Å². The quantitative estimate of drug-likeness (QED) is 0.881.